The van der Waals surface area contributed by atoms with Crippen LogP contribution in [0.3, 0.4) is 0 Å². The monoisotopic (exact) mass is 237 g/mol. The summed E-state index contributed by atoms with van der Waals surface area (Å²) < 4.78 is 13.7. The number of carboxylic acids is 1. The summed E-state index contributed by atoms with van der Waals surface area (Å²) in [6, 6.07) is 5.12. The van der Waals surface area contributed by atoms with E-state index in [9.17, 15) is 9.18 Å². The number of benzene rings is 1. The minimum atomic E-state index is -0.803. The number of likely N-dealkylation sites (N-methyl/N-ethyl adjacent to an activating group) is 1. The van der Waals surface area contributed by atoms with Gasteiger partial charge in [-0.3, -0.25) is 4.79 Å². The fourth-order valence-corrected chi connectivity index (χ4v) is 2.64. The molecule has 0 radical (unpaired) electrons. The van der Waals surface area contributed by atoms with Crippen LogP contribution in [0.5, 0.6) is 0 Å². The molecule has 0 fully saturated rings. The molecule has 92 valence electrons. The zero-order valence-electron chi connectivity index (χ0n) is 9.98. The Balaban J connectivity index is 2.22. The van der Waals surface area contributed by atoms with Gasteiger partial charge in [0.15, 0.2) is 0 Å². The van der Waals surface area contributed by atoms with E-state index in [0.29, 0.717) is 5.69 Å². The predicted octanol–water partition coefficient (Wildman–Crippen LogP) is 2.30. The maximum Gasteiger partial charge on any atom is 0.303 e. The number of fused-ring (bicyclic) bond motifs is 1. The lowest BCUT2D eigenvalue weighted by atomic mass is 9.95. The minimum Gasteiger partial charge on any atom is -0.481 e. The van der Waals surface area contributed by atoms with E-state index in [2.05, 4.69) is 0 Å². The summed E-state index contributed by atoms with van der Waals surface area (Å²) in [7, 11) is 1.83. The summed E-state index contributed by atoms with van der Waals surface area (Å²) in [5.41, 5.74) is 1.59. The summed E-state index contributed by atoms with van der Waals surface area (Å²) in [5.74, 6) is -1.03. The van der Waals surface area contributed by atoms with Crippen LogP contribution in [-0.4, -0.2) is 24.2 Å². The van der Waals surface area contributed by atoms with Crippen molar-refractivity contribution in [1.82, 2.24) is 0 Å². The molecule has 0 saturated carbocycles. The Hall–Kier alpha value is -1.58. The van der Waals surface area contributed by atoms with Gasteiger partial charge in [0.2, 0.25) is 0 Å². The molecule has 0 aromatic heterocycles. The summed E-state index contributed by atoms with van der Waals surface area (Å²) in [4.78, 5) is 12.6. The molecule has 1 N–H and O–H groups in total. The molecule has 1 aromatic rings. The smallest absolute Gasteiger partial charge is 0.303 e. The van der Waals surface area contributed by atoms with Crippen LogP contribution in [0.4, 0.5) is 10.1 Å². The van der Waals surface area contributed by atoms with Crippen molar-refractivity contribution >= 4 is 11.7 Å². The van der Waals surface area contributed by atoms with Crippen LogP contribution in [0.15, 0.2) is 18.2 Å². The normalized spacial score (nSPS) is 20.2. The number of rotatable bonds is 3. The first-order chi connectivity index (χ1) is 8.00. The number of carboxylic acid groups (broad SMARTS) is 1. The summed E-state index contributed by atoms with van der Waals surface area (Å²) in [6.45, 7) is 1.90. The van der Waals surface area contributed by atoms with Crippen molar-refractivity contribution in [3.8, 4) is 0 Å². The van der Waals surface area contributed by atoms with E-state index in [1.165, 1.54) is 6.07 Å². The molecule has 17 heavy (non-hydrogen) atoms. The number of nitrogens with zero attached hydrogens (tertiary/aromatic N) is 1. The van der Waals surface area contributed by atoms with Gasteiger partial charge in [-0.2, -0.15) is 0 Å². The third-order valence-corrected chi connectivity index (χ3v) is 3.50. The Morgan fingerprint density at radius 1 is 1.65 bits per heavy atom. The maximum atomic E-state index is 13.7. The molecule has 0 amide bonds. The lowest BCUT2D eigenvalue weighted by molar-refractivity contribution is -0.138. The quantitative estimate of drug-likeness (QED) is 0.876. The highest BCUT2D eigenvalue weighted by Gasteiger charge is 2.33. The van der Waals surface area contributed by atoms with E-state index >= 15 is 0 Å². The second-order valence-electron chi connectivity index (χ2n) is 4.71. The topological polar surface area (TPSA) is 40.5 Å². The van der Waals surface area contributed by atoms with E-state index in [0.717, 1.165) is 12.0 Å². The Labute approximate surface area is 99.9 Å². The third kappa shape index (κ3) is 2.12. The molecule has 2 atom stereocenters. The van der Waals surface area contributed by atoms with Gasteiger partial charge in [0.1, 0.15) is 5.82 Å². The van der Waals surface area contributed by atoms with Crippen molar-refractivity contribution in [3.05, 3.63) is 29.6 Å². The minimum absolute atomic E-state index is 0.00398. The molecule has 0 bridgehead atoms. The first-order valence-corrected chi connectivity index (χ1v) is 5.72. The number of anilines is 1. The van der Waals surface area contributed by atoms with Crippen molar-refractivity contribution in [1.29, 1.82) is 0 Å². The van der Waals surface area contributed by atoms with Gasteiger partial charge in [0.05, 0.1) is 5.69 Å². The first-order valence-electron chi connectivity index (χ1n) is 5.72. The summed E-state index contributed by atoms with van der Waals surface area (Å²) in [6.07, 6.45) is 0.836. The molecule has 1 aromatic carbocycles. The van der Waals surface area contributed by atoms with Crippen LogP contribution in [-0.2, 0) is 11.2 Å². The second kappa shape index (κ2) is 4.35. The van der Waals surface area contributed by atoms with Crippen molar-refractivity contribution in [3.63, 3.8) is 0 Å². The molecule has 0 aliphatic carbocycles. The Morgan fingerprint density at radius 3 is 2.94 bits per heavy atom. The predicted molar refractivity (Wildman–Crippen MR) is 63.7 cm³/mol. The molecule has 3 nitrogen and oxygen atoms in total. The Kier molecular flexibility index (Phi) is 3.05. The van der Waals surface area contributed by atoms with E-state index in [1.807, 2.05) is 24.9 Å². The van der Waals surface area contributed by atoms with Crippen molar-refractivity contribution in [2.45, 2.75) is 25.8 Å². The number of halogens is 1. The van der Waals surface area contributed by atoms with Gasteiger partial charge in [-0.05, 0) is 24.0 Å². The molecule has 1 aliphatic heterocycles. The number of carbonyl (C=O) groups is 1. The van der Waals surface area contributed by atoms with E-state index in [-0.39, 0.29) is 24.2 Å². The highest BCUT2D eigenvalue weighted by Crippen LogP contribution is 2.36. The van der Waals surface area contributed by atoms with Crippen LogP contribution < -0.4 is 4.90 Å². The lowest BCUT2D eigenvalue weighted by Gasteiger charge is -2.27. The molecular weight excluding hydrogens is 221 g/mol. The standard InChI is InChI=1S/C13H16FNO2/c1-8(6-12(16)17)11-7-9-4-3-5-10(14)13(9)15(11)2/h3-5,8,11H,6-7H2,1-2H3,(H,16,17). The average Bonchev–Trinajstić information content (AvgIpc) is 2.56. The maximum absolute atomic E-state index is 13.7. The van der Waals surface area contributed by atoms with Crippen LogP contribution >= 0.6 is 0 Å². The molecule has 4 heteroatoms. The zero-order chi connectivity index (χ0) is 12.6. The molecule has 0 spiro atoms. The van der Waals surface area contributed by atoms with Gasteiger partial charge < -0.3 is 10.0 Å². The molecular formula is C13H16FNO2. The van der Waals surface area contributed by atoms with Crippen LogP contribution in [0.1, 0.15) is 18.9 Å². The van der Waals surface area contributed by atoms with Gasteiger partial charge >= 0.3 is 5.97 Å². The third-order valence-electron chi connectivity index (χ3n) is 3.50. The average molecular weight is 237 g/mol. The fourth-order valence-electron chi connectivity index (χ4n) is 2.64. The summed E-state index contributed by atoms with van der Waals surface area (Å²) >= 11 is 0. The number of hydrogen-bond acceptors (Lipinski definition) is 2. The van der Waals surface area contributed by atoms with Crippen molar-refractivity contribution in [2.75, 3.05) is 11.9 Å². The molecule has 2 unspecified atom stereocenters. The Bertz CT molecular complexity index is 447. The SMILES string of the molecule is CC(CC(=O)O)C1Cc2cccc(F)c2N1C. The van der Waals surface area contributed by atoms with Crippen molar-refractivity contribution < 1.29 is 14.3 Å². The van der Waals surface area contributed by atoms with Gasteiger partial charge in [-0.15, -0.1) is 0 Å². The second-order valence-corrected chi connectivity index (χ2v) is 4.71. The van der Waals surface area contributed by atoms with Crippen LogP contribution in [0.25, 0.3) is 0 Å². The molecule has 1 aliphatic rings. The van der Waals surface area contributed by atoms with E-state index < -0.39 is 5.97 Å². The lowest BCUT2D eigenvalue weighted by Crippen LogP contribution is -2.35. The van der Waals surface area contributed by atoms with Crippen molar-refractivity contribution in [2.24, 2.45) is 5.92 Å². The van der Waals surface area contributed by atoms with E-state index in [4.69, 9.17) is 5.11 Å². The molecule has 0 saturated heterocycles. The first kappa shape index (κ1) is 11.9. The van der Waals surface area contributed by atoms with Gasteiger partial charge in [0, 0.05) is 19.5 Å². The Morgan fingerprint density at radius 2 is 2.35 bits per heavy atom. The number of para-hydroxylation sites is 1. The number of hydrogen-bond donors (Lipinski definition) is 1. The molecule has 1 heterocycles. The van der Waals surface area contributed by atoms with Crippen LogP contribution in [0, 0.1) is 11.7 Å². The summed E-state index contributed by atoms with van der Waals surface area (Å²) in [5, 5.41) is 8.81. The zero-order valence-corrected chi connectivity index (χ0v) is 9.98. The van der Waals surface area contributed by atoms with Gasteiger partial charge in [0.25, 0.3) is 0 Å². The molecule has 2 rings (SSSR count). The van der Waals surface area contributed by atoms with Gasteiger partial charge in [-0.1, -0.05) is 19.1 Å². The van der Waals surface area contributed by atoms with Crippen LogP contribution in [0.2, 0.25) is 0 Å². The fraction of sp³-hybridized carbons (Fsp3) is 0.462. The highest BCUT2D eigenvalue weighted by atomic mass is 19.1. The number of aliphatic carboxylic acids is 1. The highest BCUT2D eigenvalue weighted by molar-refractivity contribution is 5.68. The largest absolute Gasteiger partial charge is 0.481 e. The van der Waals surface area contributed by atoms with E-state index in [1.54, 1.807) is 6.07 Å². The van der Waals surface area contributed by atoms with Gasteiger partial charge in [-0.25, -0.2) is 4.39 Å².